The molecule has 33 heavy (non-hydrogen) atoms. The zero-order chi connectivity index (χ0) is 22.8. The van der Waals surface area contributed by atoms with Gasteiger partial charge >= 0.3 is 0 Å². The fourth-order valence-corrected chi connectivity index (χ4v) is 4.78. The number of carbonyl (C=O) groups is 2. The second-order valence-electron chi connectivity index (χ2n) is 8.73. The molecule has 170 valence electrons. The lowest BCUT2D eigenvalue weighted by Gasteiger charge is -2.23. The number of nitrogens with one attached hydrogen (secondary N) is 2. The van der Waals surface area contributed by atoms with Crippen LogP contribution in [0, 0.1) is 11.7 Å². The van der Waals surface area contributed by atoms with Gasteiger partial charge < -0.3 is 19.9 Å². The summed E-state index contributed by atoms with van der Waals surface area (Å²) in [4.78, 5) is 24.2. The number of para-hydroxylation sites is 1. The smallest absolute Gasteiger partial charge is 0.262 e. The number of fused-ring (bicyclic) bond motifs is 2. The summed E-state index contributed by atoms with van der Waals surface area (Å²) in [6, 6.07) is 11.9. The number of aromatic nitrogens is 1. The number of carbonyl (C=O) groups excluding carboxylic acids is 2. The summed E-state index contributed by atoms with van der Waals surface area (Å²) in [5, 5.41) is 6.38. The first-order chi connectivity index (χ1) is 16.1. The Morgan fingerprint density at radius 2 is 2.03 bits per heavy atom. The minimum atomic E-state index is -0.315. The van der Waals surface area contributed by atoms with E-state index in [9.17, 15) is 14.0 Å². The fraction of sp³-hybridized carbons (Fsp3) is 0.308. The van der Waals surface area contributed by atoms with Crippen LogP contribution >= 0.6 is 0 Å². The Morgan fingerprint density at radius 1 is 1.18 bits per heavy atom. The van der Waals surface area contributed by atoms with Crippen molar-refractivity contribution in [1.82, 2.24) is 4.57 Å². The van der Waals surface area contributed by atoms with Gasteiger partial charge in [0.15, 0.2) is 12.4 Å². The van der Waals surface area contributed by atoms with Crippen LogP contribution in [0.4, 0.5) is 15.8 Å². The molecule has 5 rings (SSSR count). The number of amides is 2. The molecule has 2 N–H and O–H groups in total. The predicted molar refractivity (Wildman–Crippen MR) is 127 cm³/mol. The Hall–Kier alpha value is -3.61. The number of ether oxygens (including phenoxy) is 1. The molecule has 1 aliphatic heterocycles. The molecule has 2 heterocycles. The zero-order valence-electron chi connectivity index (χ0n) is 18.3. The van der Waals surface area contributed by atoms with Crippen LogP contribution in [0.25, 0.3) is 17.0 Å². The molecule has 1 aromatic heterocycles. The Kier molecular flexibility index (Phi) is 5.86. The van der Waals surface area contributed by atoms with Crippen molar-refractivity contribution in [1.29, 1.82) is 0 Å². The maximum Gasteiger partial charge on any atom is 0.262 e. The predicted octanol–water partition coefficient (Wildman–Crippen LogP) is 5.34. The molecule has 0 radical (unpaired) electrons. The molecule has 0 spiro atoms. The molecule has 2 amide bonds. The molecular weight excluding hydrogens is 421 g/mol. The normalized spacial score (nSPS) is 16.5. The highest BCUT2D eigenvalue weighted by Gasteiger charge is 2.20. The van der Waals surface area contributed by atoms with E-state index in [0.29, 0.717) is 23.0 Å². The molecule has 1 aliphatic carbocycles. The van der Waals surface area contributed by atoms with Crippen LogP contribution in [0.5, 0.6) is 5.75 Å². The standard InChI is InChI=1S/C26H26FN3O3/c27-19-9-11-23-18(13-19)14-20(30(23)15-17-5-2-1-3-6-17)10-12-24(31)28-21-7-4-8-22-26(21)33-16-25(32)29-22/h4,7-14,17H,1-3,5-6,15-16H2,(H,28,31)(H,29,32)/b12-10+. The average molecular weight is 448 g/mol. The number of anilines is 2. The Balaban J connectivity index is 1.38. The topological polar surface area (TPSA) is 72.4 Å². The third-order valence-electron chi connectivity index (χ3n) is 6.36. The second-order valence-corrected chi connectivity index (χ2v) is 8.73. The van der Waals surface area contributed by atoms with Gasteiger partial charge in [-0.25, -0.2) is 4.39 Å². The summed E-state index contributed by atoms with van der Waals surface area (Å²) in [7, 11) is 0. The Morgan fingerprint density at radius 3 is 2.88 bits per heavy atom. The largest absolute Gasteiger partial charge is 0.479 e. The number of halogens is 1. The van der Waals surface area contributed by atoms with E-state index < -0.39 is 0 Å². The summed E-state index contributed by atoms with van der Waals surface area (Å²) in [5.74, 6) is 0.216. The molecule has 0 bridgehead atoms. The van der Waals surface area contributed by atoms with Gasteiger partial charge in [0.25, 0.3) is 5.91 Å². The molecule has 0 atom stereocenters. The molecule has 7 heteroatoms. The van der Waals surface area contributed by atoms with Gasteiger partial charge in [-0.15, -0.1) is 0 Å². The summed E-state index contributed by atoms with van der Waals surface area (Å²) in [6.45, 7) is 0.768. The highest BCUT2D eigenvalue weighted by Crippen LogP contribution is 2.35. The van der Waals surface area contributed by atoms with E-state index in [2.05, 4.69) is 15.2 Å². The third kappa shape index (κ3) is 4.62. The average Bonchev–Trinajstić information content (AvgIpc) is 3.14. The Labute approximate surface area is 191 Å². The highest BCUT2D eigenvalue weighted by molar-refractivity contribution is 6.05. The molecule has 0 unspecified atom stereocenters. The first-order valence-electron chi connectivity index (χ1n) is 11.4. The maximum atomic E-state index is 13.8. The van der Waals surface area contributed by atoms with Crippen molar-refractivity contribution in [3.05, 3.63) is 60.1 Å². The SMILES string of the molecule is O=C(/C=C/c1cc2cc(F)ccc2n1CC1CCCCC1)Nc1cccc2c1OCC(=O)N2. The van der Waals surface area contributed by atoms with Gasteiger partial charge in [0.1, 0.15) is 5.82 Å². The van der Waals surface area contributed by atoms with E-state index in [1.807, 2.05) is 12.1 Å². The monoisotopic (exact) mass is 447 g/mol. The molecule has 3 aromatic rings. The zero-order valence-corrected chi connectivity index (χ0v) is 18.3. The Bertz CT molecular complexity index is 1240. The van der Waals surface area contributed by atoms with Gasteiger partial charge in [-0.1, -0.05) is 25.3 Å². The van der Waals surface area contributed by atoms with Crippen LogP contribution in [0.1, 0.15) is 37.8 Å². The van der Waals surface area contributed by atoms with Crippen LogP contribution in [-0.4, -0.2) is 23.0 Å². The molecule has 1 saturated carbocycles. The number of hydrogen-bond donors (Lipinski definition) is 2. The van der Waals surface area contributed by atoms with E-state index in [0.717, 1.165) is 23.1 Å². The molecular formula is C26H26FN3O3. The van der Waals surface area contributed by atoms with Gasteiger partial charge in [-0.05, 0) is 61.2 Å². The summed E-state index contributed by atoms with van der Waals surface area (Å²) in [5.41, 5.74) is 2.87. The third-order valence-corrected chi connectivity index (χ3v) is 6.36. The summed E-state index contributed by atoms with van der Waals surface area (Å²) < 4.78 is 21.5. The first-order valence-corrected chi connectivity index (χ1v) is 11.4. The van der Waals surface area contributed by atoms with Crippen molar-refractivity contribution < 1.29 is 18.7 Å². The minimum Gasteiger partial charge on any atom is -0.479 e. The minimum absolute atomic E-state index is 0.0897. The fourth-order valence-electron chi connectivity index (χ4n) is 4.78. The van der Waals surface area contributed by atoms with E-state index in [1.165, 1.54) is 50.3 Å². The van der Waals surface area contributed by atoms with Gasteiger partial charge in [0.05, 0.1) is 11.4 Å². The van der Waals surface area contributed by atoms with Crippen molar-refractivity contribution in [2.24, 2.45) is 5.92 Å². The molecule has 0 saturated heterocycles. The quantitative estimate of drug-likeness (QED) is 0.519. The van der Waals surface area contributed by atoms with Crippen LogP contribution in [0.15, 0.2) is 48.5 Å². The van der Waals surface area contributed by atoms with Crippen LogP contribution in [0.3, 0.4) is 0 Å². The number of rotatable bonds is 5. The molecule has 2 aromatic carbocycles. The van der Waals surface area contributed by atoms with E-state index >= 15 is 0 Å². The maximum absolute atomic E-state index is 13.8. The van der Waals surface area contributed by atoms with Crippen LogP contribution in [0.2, 0.25) is 0 Å². The van der Waals surface area contributed by atoms with E-state index in [4.69, 9.17) is 4.74 Å². The van der Waals surface area contributed by atoms with Gasteiger partial charge in [0, 0.05) is 29.2 Å². The van der Waals surface area contributed by atoms with Crippen molar-refractivity contribution >= 4 is 40.2 Å². The van der Waals surface area contributed by atoms with Crippen molar-refractivity contribution in [2.45, 2.75) is 38.6 Å². The van der Waals surface area contributed by atoms with E-state index in [-0.39, 0.29) is 24.2 Å². The van der Waals surface area contributed by atoms with Crippen molar-refractivity contribution in [3.8, 4) is 5.75 Å². The molecule has 2 aliphatic rings. The molecule has 1 fully saturated rings. The van der Waals surface area contributed by atoms with E-state index in [1.54, 1.807) is 24.3 Å². The lowest BCUT2D eigenvalue weighted by molar-refractivity contribution is -0.118. The van der Waals surface area contributed by atoms with Crippen molar-refractivity contribution in [2.75, 3.05) is 17.2 Å². The highest BCUT2D eigenvalue weighted by atomic mass is 19.1. The summed E-state index contributed by atoms with van der Waals surface area (Å²) >= 11 is 0. The van der Waals surface area contributed by atoms with Crippen LogP contribution < -0.4 is 15.4 Å². The van der Waals surface area contributed by atoms with Gasteiger partial charge in [-0.3, -0.25) is 9.59 Å². The second kappa shape index (κ2) is 9.10. The lowest BCUT2D eigenvalue weighted by Crippen LogP contribution is -2.26. The summed E-state index contributed by atoms with van der Waals surface area (Å²) in [6.07, 6.45) is 9.42. The first kappa shape index (κ1) is 21.2. The number of benzene rings is 2. The molecule has 6 nitrogen and oxygen atoms in total. The van der Waals surface area contributed by atoms with Gasteiger partial charge in [0.2, 0.25) is 5.91 Å². The lowest BCUT2D eigenvalue weighted by atomic mass is 9.89. The number of hydrogen-bond acceptors (Lipinski definition) is 3. The van der Waals surface area contributed by atoms with Crippen LogP contribution in [-0.2, 0) is 16.1 Å². The van der Waals surface area contributed by atoms with Crippen molar-refractivity contribution in [3.63, 3.8) is 0 Å². The van der Waals surface area contributed by atoms with Gasteiger partial charge in [-0.2, -0.15) is 0 Å². The number of nitrogens with zero attached hydrogens (tertiary/aromatic N) is 1.